The third-order valence-electron chi connectivity index (χ3n) is 2.38. The van der Waals surface area contributed by atoms with Crippen molar-refractivity contribution in [3.05, 3.63) is 39.0 Å². The van der Waals surface area contributed by atoms with Crippen LogP contribution in [0.2, 0.25) is 5.02 Å². The number of rotatable bonds is 2. The highest BCUT2D eigenvalue weighted by Crippen LogP contribution is 2.33. The fourth-order valence-electron chi connectivity index (χ4n) is 1.54. The molecule has 6 heteroatoms. The van der Waals surface area contributed by atoms with Gasteiger partial charge in [-0.15, -0.1) is 0 Å². The van der Waals surface area contributed by atoms with Crippen LogP contribution in [0.5, 0.6) is 11.6 Å². The van der Waals surface area contributed by atoms with E-state index >= 15 is 0 Å². The zero-order valence-corrected chi connectivity index (χ0v) is 12.1. The van der Waals surface area contributed by atoms with Crippen LogP contribution >= 0.6 is 27.5 Å². The summed E-state index contributed by atoms with van der Waals surface area (Å²) in [7, 11) is 1.72. The summed E-state index contributed by atoms with van der Waals surface area (Å²) < 4.78 is 8.05. The Kier molecular flexibility index (Phi) is 3.60. The first-order valence-electron chi connectivity index (χ1n) is 5.09. The van der Waals surface area contributed by atoms with Crippen molar-refractivity contribution in [1.29, 1.82) is 5.26 Å². The van der Waals surface area contributed by atoms with Gasteiger partial charge in [-0.05, 0) is 25.1 Å². The van der Waals surface area contributed by atoms with Crippen LogP contribution in [0.4, 0.5) is 0 Å². The van der Waals surface area contributed by atoms with Crippen LogP contribution in [0, 0.1) is 18.3 Å². The molecule has 1 aromatic carbocycles. The van der Waals surface area contributed by atoms with Crippen molar-refractivity contribution >= 4 is 27.5 Å². The van der Waals surface area contributed by atoms with Gasteiger partial charge in [0.25, 0.3) is 0 Å². The molecule has 0 saturated carbocycles. The normalized spacial score (nSPS) is 10.2. The largest absolute Gasteiger partial charge is 0.436 e. The second-order valence-corrected chi connectivity index (χ2v) is 5.00. The lowest BCUT2D eigenvalue weighted by Gasteiger charge is -2.08. The average molecular weight is 327 g/mol. The number of nitrogens with zero attached hydrogens (tertiary/aromatic N) is 3. The van der Waals surface area contributed by atoms with E-state index in [9.17, 15) is 0 Å². The van der Waals surface area contributed by atoms with Gasteiger partial charge in [0.15, 0.2) is 0 Å². The maximum atomic E-state index is 9.09. The molecule has 0 radical (unpaired) electrons. The van der Waals surface area contributed by atoms with Crippen molar-refractivity contribution in [3.63, 3.8) is 0 Å². The van der Waals surface area contributed by atoms with Crippen molar-refractivity contribution in [2.45, 2.75) is 6.92 Å². The molecule has 2 rings (SSSR count). The number of halogens is 2. The minimum absolute atomic E-state index is 0.384. The second kappa shape index (κ2) is 5.01. The molecule has 4 nitrogen and oxygen atoms in total. The van der Waals surface area contributed by atoms with Crippen molar-refractivity contribution in [2.75, 3.05) is 0 Å². The highest BCUT2D eigenvalue weighted by Gasteiger charge is 2.16. The van der Waals surface area contributed by atoms with Gasteiger partial charge in [0.2, 0.25) is 5.88 Å². The van der Waals surface area contributed by atoms with Crippen LogP contribution in [0.1, 0.15) is 11.3 Å². The number of benzene rings is 1. The van der Waals surface area contributed by atoms with E-state index in [0.29, 0.717) is 27.9 Å². The van der Waals surface area contributed by atoms with Crippen molar-refractivity contribution in [3.8, 4) is 17.7 Å². The Morgan fingerprint density at radius 2 is 2.22 bits per heavy atom. The molecule has 0 bridgehead atoms. The van der Waals surface area contributed by atoms with Gasteiger partial charge < -0.3 is 4.74 Å². The Bertz CT molecular complexity index is 646. The lowest BCUT2D eigenvalue weighted by molar-refractivity contribution is 0.429. The fourth-order valence-corrected chi connectivity index (χ4v) is 2.04. The second-order valence-electron chi connectivity index (χ2n) is 3.68. The number of hydrogen-bond acceptors (Lipinski definition) is 3. The molecule has 0 aliphatic carbocycles. The third kappa shape index (κ3) is 2.35. The van der Waals surface area contributed by atoms with Crippen molar-refractivity contribution in [1.82, 2.24) is 9.78 Å². The fraction of sp³-hybridized carbons (Fsp3) is 0.167. The van der Waals surface area contributed by atoms with Gasteiger partial charge in [0, 0.05) is 11.5 Å². The van der Waals surface area contributed by atoms with Gasteiger partial charge >= 0.3 is 0 Å². The number of aromatic nitrogens is 2. The van der Waals surface area contributed by atoms with Crippen LogP contribution in [0.3, 0.4) is 0 Å². The Labute approximate surface area is 118 Å². The van der Waals surface area contributed by atoms with E-state index in [4.69, 9.17) is 21.6 Å². The summed E-state index contributed by atoms with van der Waals surface area (Å²) in [6.07, 6.45) is 0. The standard InChI is InChI=1S/C12H9BrClN3O/c1-7-9(6-15)12(17(2)16-7)18-11-5-8(13)3-4-10(11)14/h3-5H,1-2H3. The number of aryl methyl sites for hydroxylation is 2. The summed E-state index contributed by atoms with van der Waals surface area (Å²) in [6.45, 7) is 1.76. The van der Waals surface area contributed by atoms with Crippen molar-refractivity contribution < 1.29 is 4.74 Å². The molecule has 0 saturated heterocycles. The van der Waals surface area contributed by atoms with Crippen LogP contribution in [-0.2, 0) is 7.05 Å². The average Bonchev–Trinajstić information content (AvgIpc) is 2.58. The number of nitriles is 1. The molecule has 0 N–H and O–H groups in total. The molecule has 1 heterocycles. The van der Waals surface area contributed by atoms with E-state index in [2.05, 4.69) is 27.1 Å². The lowest BCUT2D eigenvalue weighted by atomic mass is 10.3. The van der Waals surface area contributed by atoms with E-state index in [1.165, 1.54) is 4.68 Å². The summed E-state index contributed by atoms with van der Waals surface area (Å²) in [6, 6.07) is 7.35. The number of ether oxygens (including phenoxy) is 1. The van der Waals surface area contributed by atoms with Gasteiger partial charge in [-0.25, -0.2) is 4.68 Å². The van der Waals surface area contributed by atoms with Crippen LogP contribution in [0.15, 0.2) is 22.7 Å². The molecule has 18 heavy (non-hydrogen) atoms. The molecule has 1 aromatic heterocycles. The molecule has 92 valence electrons. The molecule has 0 atom stereocenters. The van der Waals surface area contributed by atoms with E-state index in [1.54, 1.807) is 26.1 Å². The molecular weight excluding hydrogens is 318 g/mol. The van der Waals surface area contributed by atoms with E-state index in [-0.39, 0.29) is 0 Å². The Balaban J connectivity index is 2.46. The van der Waals surface area contributed by atoms with E-state index in [1.807, 2.05) is 6.07 Å². The Morgan fingerprint density at radius 3 is 2.89 bits per heavy atom. The minimum atomic E-state index is 0.384. The summed E-state index contributed by atoms with van der Waals surface area (Å²) in [4.78, 5) is 0. The van der Waals surface area contributed by atoms with Crippen LogP contribution in [-0.4, -0.2) is 9.78 Å². The Morgan fingerprint density at radius 1 is 1.50 bits per heavy atom. The monoisotopic (exact) mass is 325 g/mol. The quantitative estimate of drug-likeness (QED) is 0.843. The van der Waals surface area contributed by atoms with Crippen molar-refractivity contribution in [2.24, 2.45) is 7.05 Å². The zero-order chi connectivity index (χ0) is 13.3. The Hall–Kier alpha value is -1.51. The molecule has 0 aliphatic heterocycles. The molecule has 0 amide bonds. The first-order valence-corrected chi connectivity index (χ1v) is 6.26. The van der Waals surface area contributed by atoms with Gasteiger partial charge in [0.05, 0.1) is 10.7 Å². The lowest BCUT2D eigenvalue weighted by Crippen LogP contribution is -1.96. The zero-order valence-electron chi connectivity index (χ0n) is 9.74. The highest BCUT2D eigenvalue weighted by molar-refractivity contribution is 9.10. The highest BCUT2D eigenvalue weighted by atomic mass is 79.9. The van der Waals surface area contributed by atoms with E-state index in [0.717, 1.165) is 4.47 Å². The van der Waals surface area contributed by atoms with Gasteiger partial charge in [-0.2, -0.15) is 10.4 Å². The predicted molar refractivity (Wildman–Crippen MR) is 71.9 cm³/mol. The summed E-state index contributed by atoms with van der Waals surface area (Å²) >= 11 is 9.39. The maximum Gasteiger partial charge on any atom is 0.235 e. The van der Waals surface area contributed by atoms with Crippen LogP contribution < -0.4 is 4.74 Å². The SMILES string of the molecule is Cc1nn(C)c(Oc2cc(Br)ccc2Cl)c1C#N. The topological polar surface area (TPSA) is 50.8 Å². The molecule has 2 aromatic rings. The predicted octanol–water partition coefficient (Wildman–Crippen LogP) is 3.81. The molecule has 0 spiro atoms. The minimum Gasteiger partial charge on any atom is -0.436 e. The molecule has 0 aliphatic rings. The molecular formula is C12H9BrClN3O. The third-order valence-corrected chi connectivity index (χ3v) is 3.19. The molecule has 0 unspecified atom stereocenters. The van der Waals surface area contributed by atoms with Crippen LogP contribution in [0.25, 0.3) is 0 Å². The van der Waals surface area contributed by atoms with Gasteiger partial charge in [0.1, 0.15) is 17.4 Å². The smallest absolute Gasteiger partial charge is 0.235 e. The maximum absolute atomic E-state index is 9.09. The molecule has 0 fully saturated rings. The summed E-state index contributed by atoms with van der Waals surface area (Å²) in [5.41, 5.74) is 1.04. The van der Waals surface area contributed by atoms with Gasteiger partial charge in [-0.3, -0.25) is 0 Å². The summed E-state index contributed by atoms with van der Waals surface area (Å²) in [5, 5.41) is 13.7. The number of hydrogen-bond donors (Lipinski definition) is 0. The summed E-state index contributed by atoms with van der Waals surface area (Å²) in [5.74, 6) is 0.862. The first kappa shape index (κ1) is 12.9. The van der Waals surface area contributed by atoms with Gasteiger partial charge in [-0.1, -0.05) is 27.5 Å². The van der Waals surface area contributed by atoms with E-state index < -0.39 is 0 Å². The first-order chi connectivity index (χ1) is 8.52.